The average molecular weight is 477 g/mol. The van der Waals surface area contributed by atoms with Crippen LogP contribution in [0.15, 0.2) is 42.6 Å². The van der Waals surface area contributed by atoms with E-state index in [1.807, 2.05) is 24.3 Å². The van der Waals surface area contributed by atoms with Gasteiger partial charge in [-0.05, 0) is 47.4 Å². The van der Waals surface area contributed by atoms with Crippen molar-refractivity contribution in [3.63, 3.8) is 0 Å². The average Bonchev–Trinajstić information content (AvgIpc) is 3.44. The van der Waals surface area contributed by atoms with Crippen LogP contribution in [-0.2, 0) is 15.6 Å². The molecule has 0 aliphatic heterocycles. The Balaban J connectivity index is 1.60. The van der Waals surface area contributed by atoms with Crippen molar-refractivity contribution in [3.8, 4) is 11.5 Å². The molecule has 0 aliphatic carbocycles. The van der Waals surface area contributed by atoms with Gasteiger partial charge in [0, 0.05) is 11.6 Å². The zero-order valence-electron chi connectivity index (χ0n) is 21.8. The quantitative estimate of drug-likeness (QED) is 0.301. The molecule has 0 fully saturated rings. The molecule has 0 unspecified atom stereocenters. The predicted octanol–water partition coefficient (Wildman–Crippen LogP) is 6.22. The predicted molar refractivity (Wildman–Crippen MR) is 141 cm³/mol. The van der Waals surface area contributed by atoms with Crippen LogP contribution in [0.2, 0.25) is 0 Å². The zero-order chi connectivity index (χ0) is 25.4. The van der Waals surface area contributed by atoms with Crippen molar-refractivity contribution < 1.29 is 14.3 Å². The number of rotatable bonds is 9. The van der Waals surface area contributed by atoms with Crippen molar-refractivity contribution in [3.05, 3.63) is 53.7 Å². The molecule has 2 N–H and O–H groups in total. The number of ether oxygens (including phenoxy) is 2. The lowest BCUT2D eigenvalue weighted by atomic mass is 9.76. The molecule has 0 spiro atoms. The highest BCUT2D eigenvalue weighted by atomic mass is 16.5. The zero-order valence-corrected chi connectivity index (χ0v) is 21.8. The molecule has 0 atom stereocenters. The van der Waals surface area contributed by atoms with E-state index in [1.54, 1.807) is 17.8 Å². The number of imidazole rings is 1. The standard InChI is InChI=1S/C28H36N4O3/c1-8-27(3,4)18-10-12-21(19(16-18)28(5,6)9-2)35-17-24(33)31-26-22(34-7)13-11-20-25(26)30-23-14-15-29-32(20)23/h10-16,30H,8-9,17H2,1-7H3,(H,31,33). The van der Waals surface area contributed by atoms with E-state index in [0.717, 1.165) is 40.8 Å². The van der Waals surface area contributed by atoms with Gasteiger partial charge in [-0.2, -0.15) is 5.10 Å². The maximum absolute atomic E-state index is 13.0. The molecule has 35 heavy (non-hydrogen) atoms. The summed E-state index contributed by atoms with van der Waals surface area (Å²) in [5.41, 5.74) is 5.39. The lowest BCUT2D eigenvalue weighted by Crippen LogP contribution is -2.24. The van der Waals surface area contributed by atoms with Crippen molar-refractivity contribution in [2.75, 3.05) is 19.0 Å². The Kier molecular flexibility index (Phi) is 6.54. The van der Waals surface area contributed by atoms with Gasteiger partial charge in [-0.25, -0.2) is 4.52 Å². The smallest absolute Gasteiger partial charge is 0.262 e. The topological polar surface area (TPSA) is 80.7 Å². The number of H-pyrrole nitrogens is 1. The fraction of sp³-hybridized carbons (Fsp3) is 0.429. The molecule has 1 amide bonds. The van der Waals surface area contributed by atoms with Crippen LogP contribution in [0.1, 0.15) is 65.5 Å². The molecule has 7 heteroatoms. The van der Waals surface area contributed by atoms with Crippen LogP contribution >= 0.6 is 0 Å². The first-order chi connectivity index (χ1) is 16.6. The Morgan fingerprint density at radius 1 is 1.03 bits per heavy atom. The molecule has 2 heterocycles. The van der Waals surface area contributed by atoms with E-state index >= 15 is 0 Å². The van der Waals surface area contributed by atoms with Gasteiger partial charge < -0.3 is 19.8 Å². The first-order valence-electron chi connectivity index (χ1n) is 12.2. The molecule has 4 aromatic rings. The Labute approximate surface area is 206 Å². The van der Waals surface area contributed by atoms with E-state index in [9.17, 15) is 4.79 Å². The SMILES string of the molecule is CCC(C)(C)c1ccc(OCC(=O)Nc2c(OC)ccc3c2[nH]c2ccnn23)c(C(C)(C)CC)c1. The minimum absolute atomic E-state index is 0.0690. The monoisotopic (exact) mass is 476 g/mol. The molecule has 4 rings (SSSR count). The summed E-state index contributed by atoms with van der Waals surface area (Å²) in [4.78, 5) is 16.3. The Hall–Kier alpha value is -3.48. The maximum Gasteiger partial charge on any atom is 0.262 e. The van der Waals surface area contributed by atoms with E-state index in [1.165, 1.54) is 5.56 Å². The first-order valence-corrected chi connectivity index (χ1v) is 12.2. The Morgan fingerprint density at radius 2 is 1.74 bits per heavy atom. The molecule has 0 saturated carbocycles. The number of anilines is 1. The fourth-order valence-corrected chi connectivity index (χ4v) is 4.21. The second-order valence-corrected chi connectivity index (χ2v) is 10.3. The number of aromatic amines is 1. The molecule has 2 aromatic heterocycles. The summed E-state index contributed by atoms with van der Waals surface area (Å²) < 4.78 is 13.4. The third-order valence-electron chi connectivity index (χ3n) is 7.37. The largest absolute Gasteiger partial charge is 0.494 e. The Morgan fingerprint density at radius 3 is 2.43 bits per heavy atom. The van der Waals surface area contributed by atoms with E-state index in [2.05, 4.69) is 69.1 Å². The molecule has 0 bridgehead atoms. The van der Waals surface area contributed by atoms with E-state index in [4.69, 9.17) is 9.47 Å². The summed E-state index contributed by atoms with van der Waals surface area (Å²) in [7, 11) is 1.58. The second kappa shape index (κ2) is 9.29. The lowest BCUT2D eigenvalue weighted by molar-refractivity contribution is -0.118. The van der Waals surface area contributed by atoms with Gasteiger partial charge in [0.1, 0.15) is 22.8 Å². The van der Waals surface area contributed by atoms with Crippen LogP contribution in [0.5, 0.6) is 11.5 Å². The van der Waals surface area contributed by atoms with Gasteiger partial charge in [0.05, 0.1) is 24.3 Å². The number of carbonyl (C=O) groups is 1. The number of hydrogen-bond acceptors (Lipinski definition) is 4. The van der Waals surface area contributed by atoms with Crippen LogP contribution in [0.4, 0.5) is 5.69 Å². The molecular weight excluding hydrogens is 440 g/mol. The van der Waals surface area contributed by atoms with Crippen molar-refractivity contribution in [1.29, 1.82) is 0 Å². The van der Waals surface area contributed by atoms with Crippen LogP contribution in [0.3, 0.4) is 0 Å². The number of nitrogens with one attached hydrogen (secondary N) is 2. The summed E-state index contributed by atoms with van der Waals surface area (Å²) in [6, 6.07) is 12.0. The van der Waals surface area contributed by atoms with Crippen LogP contribution < -0.4 is 14.8 Å². The number of amides is 1. The van der Waals surface area contributed by atoms with E-state index < -0.39 is 0 Å². The van der Waals surface area contributed by atoms with Crippen LogP contribution in [0, 0.1) is 0 Å². The number of carbonyl (C=O) groups excluding carboxylic acids is 1. The number of benzene rings is 2. The summed E-state index contributed by atoms with van der Waals surface area (Å²) in [5.74, 6) is 1.04. The van der Waals surface area contributed by atoms with Gasteiger partial charge >= 0.3 is 0 Å². The fourth-order valence-electron chi connectivity index (χ4n) is 4.21. The number of nitrogens with zero attached hydrogens (tertiary/aromatic N) is 2. The normalized spacial score (nSPS) is 12.3. The molecular formula is C28H36N4O3. The minimum atomic E-state index is -0.263. The van der Waals surface area contributed by atoms with Gasteiger partial charge in [-0.15, -0.1) is 0 Å². The van der Waals surface area contributed by atoms with Gasteiger partial charge in [-0.1, -0.05) is 53.7 Å². The van der Waals surface area contributed by atoms with Gasteiger partial charge in [0.2, 0.25) is 0 Å². The van der Waals surface area contributed by atoms with E-state index in [-0.39, 0.29) is 23.3 Å². The number of hydrogen-bond donors (Lipinski definition) is 2. The molecule has 186 valence electrons. The van der Waals surface area contributed by atoms with Crippen LogP contribution in [-0.4, -0.2) is 34.2 Å². The number of methoxy groups -OCH3 is 1. The van der Waals surface area contributed by atoms with Crippen molar-refractivity contribution in [1.82, 2.24) is 14.6 Å². The lowest BCUT2D eigenvalue weighted by Gasteiger charge is -2.30. The van der Waals surface area contributed by atoms with Crippen LogP contribution in [0.25, 0.3) is 16.7 Å². The van der Waals surface area contributed by atoms with Crippen molar-refractivity contribution >= 4 is 28.3 Å². The van der Waals surface area contributed by atoms with Crippen molar-refractivity contribution in [2.24, 2.45) is 0 Å². The summed E-state index contributed by atoms with van der Waals surface area (Å²) in [5, 5.41) is 7.32. The highest BCUT2D eigenvalue weighted by molar-refractivity contribution is 6.03. The summed E-state index contributed by atoms with van der Waals surface area (Å²) in [6.45, 7) is 13.2. The van der Waals surface area contributed by atoms with E-state index in [0.29, 0.717) is 11.4 Å². The van der Waals surface area contributed by atoms with Gasteiger partial charge in [0.15, 0.2) is 6.61 Å². The summed E-state index contributed by atoms with van der Waals surface area (Å²) >= 11 is 0. The maximum atomic E-state index is 13.0. The third-order valence-corrected chi connectivity index (χ3v) is 7.37. The first kappa shape index (κ1) is 24.6. The molecule has 0 aliphatic rings. The molecule has 7 nitrogen and oxygen atoms in total. The minimum Gasteiger partial charge on any atom is -0.494 e. The molecule has 0 radical (unpaired) electrons. The number of fused-ring (bicyclic) bond motifs is 3. The molecule has 2 aromatic carbocycles. The molecule has 0 saturated heterocycles. The van der Waals surface area contributed by atoms with Gasteiger partial charge in [-0.3, -0.25) is 4.79 Å². The van der Waals surface area contributed by atoms with Gasteiger partial charge in [0.25, 0.3) is 5.91 Å². The van der Waals surface area contributed by atoms with Crippen molar-refractivity contribution in [2.45, 2.75) is 65.2 Å². The Bertz CT molecular complexity index is 1360. The second-order valence-electron chi connectivity index (χ2n) is 10.3. The highest BCUT2D eigenvalue weighted by Gasteiger charge is 2.27. The highest BCUT2D eigenvalue weighted by Crippen LogP contribution is 2.39. The third kappa shape index (κ3) is 4.59. The number of aromatic nitrogens is 3. The summed E-state index contributed by atoms with van der Waals surface area (Å²) in [6.07, 6.45) is 3.72.